The lowest BCUT2D eigenvalue weighted by Crippen LogP contribution is -2.51. The van der Waals surface area contributed by atoms with Gasteiger partial charge in [0.1, 0.15) is 14.3 Å². The highest BCUT2D eigenvalue weighted by molar-refractivity contribution is 7.79. The number of carbonyl (C=O) groups is 8. The number of hydrogen-bond acceptors (Lipinski definition) is 15. The average molecular weight is 1650 g/mol. The van der Waals surface area contributed by atoms with E-state index in [9.17, 15) is 58.8 Å². The first kappa shape index (κ1) is 86.3. The molecule has 10 aliphatic rings. The molecule has 8 N–H and O–H groups in total. The number of carboxylic acid groups (broad SMARTS) is 4. The Kier molecular flexibility index (Phi) is 29.5. The number of carboxylic acids is 4. The van der Waals surface area contributed by atoms with Crippen LogP contribution < -0.4 is 42.5 Å². The zero-order chi connectivity index (χ0) is 81.7. The van der Waals surface area contributed by atoms with Gasteiger partial charge in [0.25, 0.3) is 0 Å². The highest BCUT2D eigenvalue weighted by Crippen LogP contribution is 2.57. The van der Waals surface area contributed by atoms with Crippen LogP contribution in [0.5, 0.6) is 0 Å². The lowest BCUT2D eigenvalue weighted by molar-refractivity contribution is -0.157. The van der Waals surface area contributed by atoms with E-state index < -0.39 is 121 Å². The fraction of sp³-hybridized carbons (Fsp3) is 0.652. The highest BCUT2D eigenvalue weighted by atomic mass is 31.2. The third kappa shape index (κ3) is 21.1. The molecule has 0 aliphatic heterocycles. The van der Waals surface area contributed by atoms with Crippen LogP contribution in [0, 0.1) is 47.3 Å². The molecule has 24 unspecified atom stereocenters. The van der Waals surface area contributed by atoms with Crippen LogP contribution in [0.4, 0.5) is 0 Å². The van der Waals surface area contributed by atoms with Crippen LogP contribution in [0.15, 0.2) is 121 Å². The molecule has 636 valence electrons. The van der Waals surface area contributed by atoms with Crippen LogP contribution in [0.1, 0.15) is 231 Å². The van der Waals surface area contributed by atoms with Crippen molar-refractivity contribution in [3.8, 4) is 0 Å². The van der Waals surface area contributed by atoms with Gasteiger partial charge in [0.05, 0.1) is 108 Å². The number of benzene rings is 4. The summed E-state index contributed by atoms with van der Waals surface area (Å²) in [6.45, 7) is 0. The van der Waals surface area contributed by atoms with Gasteiger partial charge in [-0.25, -0.2) is 0 Å². The fourth-order valence-corrected chi connectivity index (χ4v) is 29.4. The van der Waals surface area contributed by atoms with E-state index in [0.29, 0.717) is 141 Å². The first-order valence-electron chi connectivity index (χ1n) is 44.5. The van der Waals surface area contributed by atoms with Crippen molar-refractivity contribution < 1.29 is 91.6 Å². The minimum absolute atomic E-state index is 0.119. The normalized spacial score (nSPS) is 34.6. The van der Waals surface area contributed by atoms with Crippen LogP contribution in [-0.2, 0) is 71.2 Å². The topological polar surface area (TPSA) is 346 Å². The molecule has 117 heavy (non-hydrogen) atoms. The van der Waals surface area contributed by atoms with Gasteiger partial charge in [0.15, 0.2) is 0 Å². The summed E-state index contributed by atoms with van der Waals surface area (Å²) in [5, 5.41) is 57.4. The Hall–Kier alpha value is -7.10. The summed E-state index contributed by atoms with van der Waals surface area (Å²) in [5.41, 5.74) is -0.824. The molecule has 4 aromatic rings. The summed E-state index contributed by atoms with van der Waals surface area (Å²) in [5.74, 6) is -11.5. The van der Waals surface area contributed by atoms with Crippen molar-refractivity contribution in [3.63, 3.8) is 0 Å². The first-order valence-corrected chi connectivity index (χ1v) is 48.0. The second-order valence-corrected chi connectivity index (χ2v) is 42.1. The Morgan fingerprint density at radius 1 is 0.248 bits per heavy atom. The number of nitrogens with one attached hydrogen (secondary N) is 4. The van der Waals surface area contributed by atoms with Crippen molar-refractivity contribution in [1.29, 1.82) is 0 Å². The summed E-state index contributed by atoms with van der Waals surface area (Å²) >= 11 is 0. The van der Waals surface area contributed by atoms with Crippen LogP contribution >= 0.6 is 14.3 Å². The van der Waals surface area contributed by atoms with Gasteiger partial charge in [-0.1, -0.05) is 147 Å². The molecule has 0 saturated heterocycles. The Bertz CT molecular complexity index is 3780. The van der Waals surface area contributed by atoms with Gasteiger partial charge in [-0.05, 0) is 193 Å². The van der Waals surface area contributed by atoms with Crippen LogP contribution in [-0.4, -0.2) is 164 Å². The van der Waals surface area contributed by atoms with Crippen molar-refractivity contribution in [3.05, 3.63) is 121 Å². The highest BCUT2D eigenvalue weighted by Gasteiger charge is 2.52. The van der Waals surface area contributed by atoms with E-state index in [-0.39, 0.29) is 110 Å². The van der Waals surface area contributed by atoms with Gasteiger partial charge in [-0.2, -0.15) is 0 Å². The van der Waals surface area contributed by atoms with Gasteiger partial charge >= 0.3 is 23.9 Å². The summed E-state index contributed by atoms with van der Waals surface area (Å²) in [7, 11) is -6.77. The number of carbonyl (C=O) groups excluding carboxylic acids is 4. The molecule has 0 radical (unpaired) electrons. The average Bonchev–Trinajstić information content (AvgIpc) is 0.755. The molecule has 10 aliphatic carbocycles. The molecule has 14 rings (SSSR count). The van der Waals surface area contributed by atoms with Crippen LogP contribution in [0.2, 0.25) is 0 Å². The molecule has 0 bridgehead atoms. The van der Waals surface area contributed by atoms with E-state index in [2.05, 4.69) is 21.3 Å². The van der Waals surface area contributed by atoms with Crippen LogP contribution in [0.3, 0.4) is 0 Å². The minimum Gasteiger partial charge on any atom is -0.481 e. The molecule has 4 aromatic carbocycles. The number of aliphatic carboxylic acids is 4. The largest absolute Gasteiger partial charge is 0.481 e. The van der Waals surface area contributed by atoms with E-state index in [1.807, 2.05) is 121 Å². The predicted octanol–water partition coefficient (Wildman–Crippen LogP) is 12.9. The van der Waals surface area contributed by atoms with Gasteiger partial charge in [-0.15, -0.1) is 0 Å². The SMILES string of the molecule is O=C(O)C1CCCCC1C(=O)NC1CCCC(OC2CCC(P(=O)(c3ccccc3)c3ccccc3)C(OC3CCCC(NC(=O)C4CC(OC5CCC(C(=O)O)C(C(=O)NC6CCCC(OC7CC(OC8CCCC(NC(=O)C9CCCCC9C(=O)O)C8)CCC7P(=O)(c7ccccc7)c7ccccc7)C6)C5)CCC4C(=O)O)C3)C2)C1. The monoisotopic (exact) mass is 1650 g/mol. The number of rotatable bonds is 28. The van der Waals surface area contributed by atoms with Gasteiger partial charge in [-0.3, -0.25) is 38.4 Å². The molecule has 0 spiro atoms. The summed E-state index contributed by atoms with van der Waals surface area (Å²) in [6, 6.07) is 37.5. The third-order valence-electron chi connectivity index (χ3n) is 28.4. The minimum atomic E-state index is -3.38. The van der Waals surface area contributed by atoms with E-state index in [1.165, 1.54) is 0 Å². The predicted molar refractivity (Wildman–Crippen MR) is 443 cm³/mol. The molecule has 0 heterocycles. The smallest absolute Gasteiger partial charge is 0.307 e. The Labute approximate surface area is 688 Å². The summed E-state index contributed by atoms with van der Waals surface area (Å²) < 4.78 is 68.2. The van der Waals surface area contributed by atoms with Gasteiger partial charge < -0.3 is 74.5 Å². The van der Waals surface area contributed by atoms with Crippen molar-refractivity contribution >= 4 is 83.0 Å². The van der Waals surface area contributed by atoms with E-state index >= 15 is 9.13 Å². The van der Waals surface area contributed by atoms with Crippen molar-refractivity contribution in [1.82, 2.24) is 21.3 Å². The second-order valence-electron chi connectivity index (χ2n) is 36.0. The Morgan fingerprint density at radius 3 is 0.778 bits per heavy atom. The van der Waals surface area contributed by atoms with Crippen molar-refractivity contribution in [2.45, 2.75) is 328 Å². The molecular weight excluding hydrogens is 1530 g/mol. The maximum atomic E-state index is 16.3. The first-order chi connectivity index (χ1) is 56.6. The van der Waals surface area contributed by atoms with E-state index in [0.717, 1.165) is 85.4 Å². The number of amides is 4. The molecule has 24 atom stereocenters. The van der Waals surface area contributed by atoms with Crippen LogP contribution in [0.25, 0.3) is 0 Å². The molecule has 0 aromatic heterocycles. The van der Waals surface area contributed by atoms with Gasteiger partial charge in [0.2, 0.25) is 23.6 Å². The number of ether oxygens (including phenoxy) is 5. The molecule has 10 fully saturated rings. The van der Waals surface area contributed by atoms with E-state index in [4.69, 9.17) is 23.7 Å². The molecule has 25 heteroatoms. The summed E-state index contributed by atoms with van der Waals surface area (Å²) in [6.07, 6.45) is 17.4. The van der Waals surface area contributed by atoms with Crippen molar-refractivity contribution in [2.24, 2.45) is 47.3 Å². The quantitative estimate of drug-likeness (QED) is 0.0245. The lowest BCUT2D eigenvalue weighted by atomic mass is 9.75. The molecule has 10 saturated carbocycles. The maximum absolute atomic E-state index is 16.3. The standard InChI is InChI=1S/C92H124N4O19P2/c97-85(73-37-13-15-39-75(73)89(101)102)93-57-21-17-25-61(49-57)111-67-43-47-83(116(109,69-29-5-1-6-30-69)70-31-7-2-8-32-70)81(55-67)114-63-27-19-23-59(51-63)95-87(99)79-53-65(41-45-77(79)91(105)106)113-66-42-46-78(92(107)108)80(54-66)88(100)96-60-24-20-28-64(52-60)115-82-56-68(44-48-84(82)117(110,71-33-9-3-10-34-71)72-35-11-4-12-36-72)112-62-26-18-22-58(50-62)94-86(98)74-38-14-16-40-76(74)90(103)104/h1-12,29-36,57-68,73-84H,13-28,37-56H2,(H,93,97)(H,94,98)(H,95,99)(H,96,100)(H,101,102)(H,103,104)(H,105,106)(H,107,108). The van der Waals surface area contributed by atoms with Gasteiger partial charge in [0, 0.05) is 69.5 Å². The zero-order valence-corrected chi connectivity index (χ0v) is 69.5. The lowest BCUT2D eigenvalue weighted by Gasteiger charge is -2.44. The number of hydrogen-bond donors (Lipinski definition) is 8. The van der Waals surface area contributed by atoms with Crippen molar-refractivity contribution in [2.75, 3.05) is 0 Å². The molecule has 4 amide bonds. The zero-order valence-electron chi connectivity index (χ0n) is 67.7. The summed E-state index contributed by atoms with van der Waals surface area (Å²) in [4.78, 5) is 108. The Morgan fingerprint density at radius 2 is 0.487 bits per heavy atom. The Balaban J connectivity index is 0.609. The third-order valence-corrected chi connectivity index (χ3v) is 35.8. The second kappa shape index (κ2) is 40.1. The fourth-order valence-electron chi connectivity index (χ4n) is 22.5. The molecular formula is C92H124N4O19P2. The maximum Gasteiger partial charge on any atom is 0.307 e. The molecule has 23 nitrogen and oxygen atoms in total. The van der Waals surface area contributed by atoms with E-state index in [1.54, 1.807) is 0 Å².